The van der Waals surface area contributed by atoms with Gasteiger partial charge in [0.2, 0.25) is 5.91 Å². The minimum atomic E-state index is -0.361. The van der Waals surface area contributed by atoms with Gasteiger partial charge < -0.3 is 16.0 Å². The van der Waals surface area contributed by atoms with E-state index in [1.807, 2.05) is 18.7 Å². The minimum Gasteiger partial charge on any atom is -0.370 e. The van der Waals surface area contributed by atoms with Crippen LogP contribution in [0.4, 0.5) is 11.6 Å². The van der Waals surface area contributed by atoms with Gasteiger partial charge in [-0.15, -0.1) is 0 Å². The lowest BCUT2D eigenvalue weighted by Gasteiger charge is -2.30. The Labute approximate surface area is 127 Å². The highest BCUT2D eigenvalue weighted by Crippen LogP contribution is 2.31. The van der Waals surface area contributed by atoms with Crippen molar-refractivity contribution in [2.24, 2.45) is 5.73 Å². The van der Waals surface area contributed by atoms with Crippen molar-refractivity contribution in [3.05, 3.63) is 11.9 Å². The van der Waals surface area contributed by atoms with Gasteiger partial charge in [-0.2, -0.15) is 0 Å². The van der Waals surface area contributed by atoms with Gasteiger partial charge in [0.1, 0.15) is 18.0 Å². The molecule has 0 aliphatic carbocycles. The van der Waals surface area contributed by atoms with Gasteiger partial charge in [0.25, 0.3) is 0 Å². The van der Waals surface area contributed by atoms with E-state index < -0.39 is 0 Å². The second kappa shape index (κ2) is 7.81. The fraction of sp³-hybridized carbons (Fsp3) is 0.667. The summed E-state index contributed by atoms with van der Waals surface area (Å²) in [5.41, 5.74) is 6.40. The summed E-state index contributed by atoms with van der Waals surface area (Å²) in [5, 5.41) is 3.34. The monoisotopic (exact) mass is 293 g/mol. The predicted molar refractivity (Wildman–Crippen MR) is 86.6 cm³/mol. The SMILES string of the molecule is CCCNc1ncnc(N(CC(N)=O)C(C)C)c1C(C)C. The first-order valence-corrected chi connectivity index (χ1v) is 7.52. The average Bonchev–Trinajstić information content (AvgIpc) is 2.41. The second-order valence-corrected chi connectivity index (χ2v) is 5.73. The summed E-state index contributed by atoms with van der Waals surface area (Å²) in [7, 11) is 0. The molecule has 0 aliphatic heterocycles. The summed E-state index contributed by atoms with van der Waals surface area (Å²) in [4.78, 5) is 22.0. The standard InChI is InChI=1S/C15H27N5O/c1-6-7-17-14-13(10(2)3)15(19-9-18-14)20(11(4)5)8-12(16)21/h9-11H,6-8H2,1-5H3,(H2,16,21)(H,17,18,19). The van der Waals surface area contributed by atoms with Gasteiger partial charge in [0.15, 0.2) is 0 Å². The first-order chi connectivity index (χ1) is 9.88. The fourth-order valence-corrected chi connectivity index (χ4v) is 2.20. The lowest BCUT2D eigenvalue weighted by Crippen LogP contribution is -2.40. The topological polar surface area (TPSA) is 84.1 Å². The van der Waals surface area contributed by atoms with Gasteiger partial charge >= 0.3 is 0 Å². The van der Waals surface area contributed by atoms with Crippen molar-refractivity contribution >= 4 is 17.5 Å². The Kier molecular flexibility index (Phi) is 6.39. The van der Waals surface area contributed by atoms with Crippen LogP contribution in [0, 0.1) is 0 Å². The molecular weight excluding hydrogens is 266 g/mol. The molecule has 1 heterocycles. The summed E-state index contributed by atoms with van der Waals surface area (Å²) < 4.78 is 0. The van der Waals surface area contributed by atoms with E-state index in [0.717, 1.165) is 30.2 Å². The zero-order chi connectivity index (χ0) is 16.0. The lowest BCUT2D eigenvalue weighted by atomic mass is 10.0. The Hall–Kier alpha value is -1.85. The molecule has 0 aliphatic rings. The number of carbonyl (C=O) groups is 1. The molecule has 6 nitrogen and oxygen atoms in total. The van der Waals surface area contributed by atoms with E-state index in [-0.39, 0.29) is 24.4 Å². The van der Waals surface area contributed by atoms with E-state index in [4.69, 9.17) is 5.73 Å². The van der Waals surface area contributed by atoms with Crippen LogP contribution in [-0.4, -0.2) is 35.0 Å². The van der Waals surface area contributed by atoms with Crippen LogP contribution in [0.5, 0.6) is 0 Å². The molecular formula is C15H27N5O. The fourth-order valence-electron chi connectivity index (χ4n) is 2.20. The number of hydrogen-bond acceptors (Lipinski definition) is 5. The third-order valence-electron chi connectivity index (χ3n) is 3.20. The number of hydrogen-bond donors (Lipinski definition) is 2. The summed E-state index contributed by atoms with van der Waals surface area (Å²) in [6.45, 7) is 11.4. The second-order valence-electron chi connectivity index (χ2n) is 5.73. The van der Waals surface area contributed by atoms with E-state index in [9.17, 15) is 4.79 Å². The quantitative estimate of drug-likeness (QED) is 0.767. The summed E-state index contributed by atoms with van der Waals surface area (Å²) in [6.07, 6.45) is 2.56. The van der Waals surface area contributed by atoms with Crippen LogP contribution in [0.3, 0.4) is 0 Å². The van der Waals surface area contributed by atoms with Crippen LogP contribution >= 0.6 is 0 Å². The third-order valence-corrected chi connectivity index (χ3v) is 3.20. The molecule has 0 atom stereocenters. The Morgan fingerprint density at radius 1 is 1.33 bits per heavy atom. The van der Waals surface area contributed by atoms with Crippen molar-refractivity contribution in [3.63, 3.8) is 0 Å². The van der Waals surface area contributed by atoms with Crippen LogP contribution in [0.25, 0.3) is 0 Å². The van der Waals surface area contributed by atoms with Crippen molar-refractivity contribution in [2.75, 3.05) is 23.3 Å². The number of aromatic nitrogens is 2. The number of anilines is 2. The maximum absolute atomic E-state index is 11.3. The van der Waals surface area contributed by atoms with Gasteiger partial charge in [-0.25, -0.2) is 9.97 Å². The first-order valence-electron chi connectivity index (χ1n) is 7.52. The molecule has 0 spiro atoms. The Bertz CT molecular complexity index is 473. The van der Waals surface area contributed by atoms with Crippen molar-refractivity contribution in [2.45, 2.75) is 53.0 Å². The first kappa shape index (κ1) is 17.2. The van der Waals surface area contributed by atoms with Gasteiger partial charge in [0, 0.05) is 18.2 Å². The van der Waals surface area contributed by atoms with Crippen LogP contribution in [0.2, 0.25) is 0 Å². The number of amides is 1. The van der Waals surface area contributed by atoms with Gasteiger partial charge in [-0.1, -0.05) is 20.8 Å². The number of carbonyl (C=O) groups excluding carboxylic acids is 1. The Morgan fingerprint density at radius 3 is 2.48 bits per heavy atom. The molecule has 1 aromatic heterocycles. The summed E-state index contributed by atoms with van der Waals surface area (Å²) >= 11 is 0. The molecule has 0 bridgehead atoms. The van der Waals surface area contributed by atoms with Crippen molar-refractivity contribution < 1.29 is 4.79 Å². The van der Waals surface area contributed by atoms with Crippen LogP contribution in [0.15, 0.2) is 6.33 Å². The molecule has 1 amide bonds. The van der Waals surface area contributed by atoms with Crippen molar-refractivity contribution in [1.82, 2.24) is 9.97 Å². The maximum atomic E-state index is 11.3. The molecule has 0 radical (unpaired) electrons. The summed E-state index contributed by atoms with van der Waals surface area (Å²) in [6, 6.07) is 0.129. The molecule has 118 valence electrons. The van der Waals surface area contributed by atoms with E-state index in [2.05, 4.69) is 36.1 Å². The molecule has 1 aromatic rings. The molecule has 0 saturated heterocycles. The molecule has 0 aromatic carbocycles. The van der Waals surface area contributed by atoms with Crippen LogP contribution < -0.4 is 16.0 Å². The van der Waals surface area contributed by atoms with Gasteiger partial charge in [-0.3, -0.25) is 4.79 Å². The number of rotatable bonds is 8. The van der Waals surface area contributed by atoms with Crippen molar-refractivity contribution in [3.8, 4) is 0 Å². The average molecular weight is 293 g/mol. The predicted octanol–water partition coefficient (Wildman–Crippen LogP) is 2.12. The molecule has 0 saturated carbocycles. The zero-order valence-electron chi connectivity index (χ0n) is 13.7. The Morgan fingerprint density at radius 2 is 2.00 bits per heavy atom. The maximum Gasteiger partial charge on any atom is 0.237 e. The number of primary amides is 1. The normalized spacial score (nSPS) is 11.0. The zero-order valence-corrected chi connectivity index (χ0v) is 13.7. The van der Waals surface area contributed by atoms with E-state index in [0.29, 0.717) is 0 Å². The molecule has 0 fully saturated rings. The highest BCUT2D eigenvalue weighted by atomic mass is 16.1. The number of nitrogens with one attached hydrogen (secondary N) is 1. The molecule has 1 rings (SSSR count). The molecule has 3 N–H and O–H groups in total. The smallest absolute Gasteiger partial charge is 0.237 e. The molecule has 0 unspecified atom stereocenters. The lowest BCUT2D eigenvalue weighted by molar-refractivity contribution is -0.116. The van der Waals surface area contributed by atoms with Gasteiger partial charge in [-0.05, 0) is 26.2 Å². The minimum absolute atomic E-state index is 0.129. The summed E-state index contributed by atoms with van der Waals surface area (Å²) in [5.74, 6) is 1.51. The molecule has 6 heteroatoms. The number of nitrogens with zero attached hydrogens (tertiary/aromatic N) is 3. The largest absolute Gasteiger partial charge is 0.370 e. The number of nitrogens with two attached hydrogens (primary N) is 1. The Balaban J connectivity index is 3.28. The van der Waals surface area contributed by atoms with E-state index >= 15 is 0 Å². The van der Waals surface area contributed by atoms with Crippen LogP contribution in [0.1, 0.15) is 52.5 Å². The van der Waals surface area contributed by atoms with Crippen molar-refractivity contribution in [1.29, 1.82) is 0 Å². The van der Waals surface area contributed by atoms with Gasteiger partial charge in [0.05, 0.1) is 6.54 Å². The highest BCUT2D eigenvalue weighted by molar-refractivity contribution is 5.80. The molecule has 21 heavy (non-hydrogen) atoms. The van der Waals surface area contributed by atoms with E-state index in [1.54, 1.807) is 0 Å². The van der Waals surface area contributed by atoms with Crippen LogP contribution in [-0.2, 0) is 4.79 Å². The van der Waals surface area contributed by atoms with E-state index in [1.165, 1.54) is 6.33 Å². The third kappa shape index (κ3) is 4.58. The highest BCUT2D eigenvalue weighted by Gasteiger charge is 2.22.